The molecule has 1 atom stereocenters. The average molecular weight is 501 g/mol. The number of halogens is 1. The Morgan fingerprint density at radius 3 is 2.86 bits per heavy atom. The van der Waals surface area contributed by atoms with Gasteiger partial charge in [0.05, 0.1) is 18.4 Å². The Labute approximate surface area is 208 Å². The molecular formula is C23H20FN11O2. The fraction of sp³-hybridized carbons (Fsp3) is 0.174. The molecule has 0 saturated carbocycles. The first kappa shape index (κ1) is 22.3. The molecule has 37 heavy (non-hydrogen) atoms. The molecule has 1 unspecified atom stereocenters. The monoisotopic (exact) mass is 501 g/mol. The van der Waals surface area contributed by atoms with Crippen molar-refractivity contribution in [2.24, 2.45) is 0 Å². The number of fused-ring (bicyclic) bond motifs is 2. The number of pyridine rings is 2. The highest BCUT2D eigenvalue weighted by atomic mass is 19.1. The molecule has 186 valence electrons. The summed E-state index contributed by atoms with van der Waals surface area (Å²) in [7, 11) is 1.71. The molecule has 5 aromatic heterocycles. The average Bonchev–Trinajstić information content (AvgIpc) is 3.63. The summed E-state index contributed by atoms with van der Waals surface area (Å²) < 4.78 is 17.8. The van der Waals surface area contributed by atoms with E-state index in [1.54, 1.807) is 29.9 Å². The molecule has 0 radical (unpaired) electrons. The van der Waals surface area contributed by atoms with Crippen LogP contribution in [0.3, 0.4) is 0 Å². The fourth-order valence-corrected chi connectivity index (χ4v) is 4.25. The molecule has 1 aliphatic heterocycles. The van der Waals surface area contributed by atoms with Crippen molar-refractivity contribution in [2.75, 3.05) is 17.7 Å². The largest absolute Gasteiger partial charge is 0.373 e. The van der Waals surface area contributed by atoms with Crippen LogP contribution >= 0.6 is 0 Å². The first-order valence-corrected chi connectivity index (χ1v) is 11.4. The highest BCUT2D eigenvalue weighted by Crippen LogP contribution is 2.25. The Bertz CT molecular complexity index is 1690. The third-order valence-electron chi connectivity index (χ3n) is 6.03. The first-order chi connectivity index (χ1) is 18.0. The summed E-state index contributed by atoms with van der Waals surface area (Å²) in [6.07, 6.45) is 6.17. The van der Waals surface area contributed by atoms with E-state index in [9.17, 15) is 14.0 Å². The highest BCUT2D eigenvalue weighted by molar-refractivity contribution is 6.00. The number of anilines is 3. The zero-order valence-corrected chi connectivity index (χ0v) is 19.5. The smallest absolute Gasteiger partial charge is 0.279 e. The Morgan fingerprint density at radius 2 is 2.05 bits per heavy atom. The second-order valence-electron chi connectivity index (χ2n) is 8.28. The van der Waals surface area contributed by atoms with Crippen LogP contribution < -0.4 is 21.5 Å². The predicted molar refractivity (Wildman–Crippen MR) is 130 cm³/mol. The van der Waals surface area contributed by atoms with E-state index in [0.29, 0.717) is 36.1 Å². The van der Waals surface area contributed by atoms with Gasteiger partial charge in [0.2, 0.25) is 0 Å². The minimum Gasteiger partial charge on any atom is -0.373 e. The molecule has 0 spiro atoms. The van der Waals surface area contributed by atoms with Crippen molar-refractivity contribution in [1.82, 2.24) is 44.2 Å². The summed E-state index contributed by atoms with van der Waals surface area (Å²) >= 11 is 0. The highest BCUT2D eigenvalue weighted by Gasteiger charge is 2.28. The van der Waals surface area contributed by atoms with Gasteiger partial charge in [-0.1, -0.05) is 0 Å². The van der Waals surface area contributed by atoms with Crippen LogP contribution in [0, 0.1) is 5.82 Å². The number of hydrogen-bond donors (Lipinski definition) is 3. The Morgan fingerprint density at radius 1 is 1.16 bits per heavy atom. The molecule has 0 aromatic carbocycles. The van der Waals surface area contributed by atoms with Gasteiger partial charge >= 0.3 is 0 Å². The van der Waals surface area contributed by atoms with Gasteiger partial charge in [-0.15, -0.1) is 0 Å². The minimum absolute atomic E-state index is 0.211. The maximum atomic E-state index is 13.3. The van der Waals surface area contributed by atoms with Crippen molar-refractivity contribution in [3.8, 4) is 5.82 Å². The van der Waals surface area contributed by atoms with Crippen molar-refractivity contribution in [2.45, 2.75) is 19.0 Å². The maximum Gasteiger partial charge on any atom is 0.279 e. The summed E-state index contributed by atoms with van der Waals surface area (Å²) in [5.41, 5.74) is 0.358. The second-order valence-corrected chi connectivity index (χ2v) is 8.28. The molecule has 6 rings (SSSR count). The van der Waals surface area contributed by atoms with E-state index < -0.39 is 11.4 Å². The van der Waals surface area contributed by atoms with E-state index in [-0.39, 0.29) is 29.0 Å². The molecule has 0 saturated heterocycles. The lowest BCUT2D eigenvalue weighted by atomic mass is 10.2. The molecule has 1 amide bonds. The van der Waals surface area contributed by atoms with Crippen LogP contribution in [0.2, 0.25) is 0 Å². The van der Waals surface area contributed by atoms with E-state index in [2.05, 4.69) is 41.1 Å². The van der Waals surface area contributed by atoms with Crippen LogP contribution in [0.15, 0.2) is 60.0 Å². The summed E-state index contributed by atoms with van der Waals surface area (Å²) in [5, 5.41) is 17.5. The van der Waals surface area contributed by atoms with Gasteiger partial charge in [0, 0.05) is 25.9 Å². The lowest BCUT2D eigenvalue weighted by Crippen LogP contribution is -2.27. The second kappa shape index (κ2) is 8.82. The van der Waals surface area contributed by atoms with Crippen LogP contribution in [0.5, 0.6) is 0 Å². The molecule has 0 bridgehead atoms. The number of aromatic nitrogens is 8. The van der Waals surface area contributed by atoms with Gasteiger partial charge in [0.15, 0.2) is 5.65 Å². The van der Waals surface area contributed by atoms with Crippen LogP contribution in [0.4, 0.5) is 21.7 Å². The predicted octanol–water partition coefficient (Wildman–Crippen LogP) is 1.67. The van der Waals surface area contributed by atoms with Crippen LogP contribution in [-0.2, 0) is 6.54 Å². The van der Waals surface area contributed by atoms with Gasteiger partial charge in [0.25, 0.3) is 11.5 Å². The van der Waals surface area contributed by atoms with Crippen molar-refractivity contribution in [3.63, 3.8) is 0 Å². The number of rotatable bonds is 6. The maximum absolute atomic E-state index is 13.3. The van der Waals surface area contributed by atoms with E-state index in [4.69, 9.17) is 0 Å². The summed E-state index contributed by atoms with van der Waals surface area (Å²) in [4.78, 5) is 39.0. The number of nitrogens with one attached hydrogen (secondary N) is 3. The van der Waals surface area contributed by atoms with Gasteiger partial charge in [-0.3, -0.25) is 14.2 Å². The minimum atomic E-state index is -0.501. The van der Waals surface area contributed by atoms with Gasteiger partial charge in [0.1, 0.15) is 46.7 Å². The number of carbonyl (C=O) groups excluding carboxylic acids is 1. The summed E-state index contributed by atoms with van der Waals surface area (Å²) in [6, 6.07) is 7.28. The van der Waals surface area contributed by atoms with Gasteiger partial charge < -0.3 is 16.0 Å². The van der Waals surface area contributed by atoms with Crippen LogP contribution in [0.1, 0.15) is 28.6 Å². The Balaban J connectivity index is 1.33. The fourth-order valence-electron chi connectivity index (χ4n) is 4.25. The van der Waals surface area contributed by atoms with Crippen molar-refractivity contribution < 1.29 is 9.18 Å². The van der Waals surface area contributed by atoms with E-state index in [0.717, 1.165) is 6.20 Å². The molecular weight excluding hydrogens is 481 g/mol. The number of amides is 1. The van der Waals surface area contributed by atoms with Crippen molar-refractivity contribution >= 4 is 28.9 Å². The van der Waals surface area contributed by atoms with E-state index in [1.165, 1.54) is 39.9 Å². The molecule has 0 aliphatic carbocycles. The van der Waals surface area contributed by atoms with Crippen molar-refractivity contribution in [1.29, 1.82) is 0 Å². The van der Waals surface area contributed by atoms with E-state index in [1.807, 2.05) is 0 Å². The number of carbonyl (C=O) groups is 1. The topological polar surface area (TPSA) is 149 Å². The normalized spacial score (nSPS) is 14.5. The molecule has 5 aromatic rings. The molecule has 3 N–H and O–H groups in total. The van der Waals surface area contributed by atoms with Crippen LogP contribution in [-0.4, -0.2) is 51.9 Å². The van der Waals surface area contributed by atoms with Gasteiger partial charge in [-0.2, -0.15) is 14.7 Å². The first-order valence-electron chi connectivity index (χ1n) is 11.4. The van der Waals surface area contributed by atoms with Crippen LogP contribution in [0.25, 0.3) is 11.5 Å². The third kappa shape index (κ3) is 3.93. The molecule has 1 aliphatic rings. The summed E-state index contributed by atoms with van der Waals surface area (Å²) in [5.74, 6) is 0.975. The zero-order chi connectivity index (χ0) is 25.5. The molecule has 0 fully saturated rings. The SMILES string of the molecule is CNc1cc(Nc2cccn(-c3ccc(F)cn3)c2=O)nc2c(C(=O)NC3CCn4ncnc43)cnn12. The third-order valence-corrected chi connectivity index (χ3v) is 6.03. The van der Waals surface area contributed by atoms with E-state index >= 15 is 0 Å². The zero-order valence-electron chi connectivity index (χ0n) is 19.5. The van der Waals surface area contributed by atoms with Crippen molar-refractivity contribution in [3.05, 3.63) is 82.8 Å². The van der Waals surface area contributed by atoms with Gasteiger partial charge in [-0.05, 0) is 30.7 Å². The number of aryl methyl sites for hydroxylation is 1. The number of nitrogens with zero attached hydrogens (tertiary/aromatic N) is 8. The molecule has 6 heterocycles. The standard InChI is InChI=1S/C23H20FN11O2/c1-25-19-9-17(30-16-3-2-7-33(23(16)37)18-5-4-13(24)10-26-18)32-20-14(11-28-35(19)20)22(36)31-15-6-8-34-21(15)27-12-29-34/h2-5,7,9-12,15,25H,6,8H2,1H3,(H,30,32)(H,31,36). The quantitative estimate of drug-likeness (QED) is 0.316. The lowest BCUT2D eigenvalue weighted by molar-refractivity contribution is 0.0937. The Kier molecular flexibility index (Phi) is 5.32. The van der Waals surface area contributed by atoms with Gasteiger partial charge in [-0.25, -0.2) is 24.0 Å². The lowest BCUT2D eigenvalue weighted by Gasteiger charge is -2.12. The Hall–Kier alpha value is -5.14. The number of hydrogen-bond acceptors (Lipinski definition) is 9. The molecule has 14 heteroatoms. The summed E-state index contributed by atoms with van der Waals surface area (Å²) in [6.45, 7) is 0.674. The molecule has 13 nitrogen and oxygen atoms in total.